The molecule has 1 rings (SSSR count). The van der Waals surface area contributed by atoms with Gasteiger partial charge in [0.2, 0.25) is 6.43 Å². The lowest BCUT2D eigenvalue weighted by Gasteiger charge is -2.25. The summed E-state index contributed by atoms with van der Waals surface area (Å²) < 4.78 is 48.1. The molecule has 0 heterocycles. The maximum absolute atomic E-state index is 12.8. The molecule has 0 saturated heterocycles. The van der Waals surface area contributed by atoms with Crippen molar-refractivity contribution in [1.29, 1.82) is 0 Å². The van der Waals surface area contributed by atoms with E-state index in [-0.39, 0.29) is 10.5 Å². The van der Waals surface area contributed by atoms with Crippen molar-refractivity contribution in [3.63, 3.8) is 0 Å². The van der Waals surface area contributed by atoms with Gasteiger partial charge in [0.05, 0.1) is 10.3 Å². The van der Waals surface area contributed by atoms with Gasteiger partial charge in [-0.25, -0.2) is 17.2 Å². The summed E-state index contributed by atoms with van der Waals surface area (Å²) in [5.41, 5.74) is -1.53. The van der Waals surface area contributed by atoms with Crippen LogP contribution in [0.3, 0.4) is 0 Å². The van der Waals surface area contributed by atoms with Crippen LogP contribution in [-0.2, 0) is 14.5 Å². The van der Waals surface area contributed by atoms with E-state index in [2.05, 4.69) is 0 Å². The maximum Gasteiger partial charge on any atom is 0.261 e. The molecule has 1 aromatic rings. The highest BCUT2D eigenvalue weighted by atomic mass is 35.7. The number of alkyl halides is 2. The van der Waals surface area contributed by atoms with Gasteiger partial charge in [-0.15, -0.1) is 0 Å². The number of halogens is 3. The largest absolute Gasteiger partial charge is 0.261 e. The molecule has 0 N–H and O–H groups in total. The zero-order valence-electron chi connectivity index (χ0n) is 8.75. The van der Waals surface area contributed by atoms with Gasteiger partial charge >= 0.3 is 0 Å². The minimum atomic E-state index is -4.01. The highest BCUT2D eigenvalue weighted by Gasteiger charge is 2.35. The van der Waals surface area contributed by atoms with Crippen LogP contribution in [0, 0.1) is 0 Å². The van der Waals surface area contributed by atoms with Gasteiger partial charge < -0.3 is 0 Å². The lowest BCUT2D eigenvalue weighted by Crippen LogP contribution is -2.28. The molecule has 0 atom stereocenters. The van der Waals surface area contributed by atoms with Gasteiger partial charge in [0, 0.05) is 10.7 Å². The van der Waals surface area contributed by atoms with E-state index < -0.39 is 20.9 Å². The molecule has 0 amide bonds. The van der Waals surface area contributed by atoms with Crippen molar-refractivity contribution in [3.05, 3.63) is 29.8 Å². The number of hydrogen-bond donors (Lipinski definition) is 0. The maximum atomic E-state index is 12.8. The van der Waals surface area contributed by atoms with Crippen molar-refractivity contribution >= 4 is 19.7 Å². The first-order chi connectivity index (χ1) is 7.17. The highest BCUT2D eigenvalue weighted by molar-refractivity contribution is 8.13. The van der Waals surface area contributed by atoms with Crippen molar-refractivity contribution in [2.45, 2.75) is 30.6 Å². The Morgan fingerprint density at radius 2 is 1.75 bits per heavy atom. The average molecular weight is 269 g/mol. The Balaban J connectivity index is 3.47. The van der Waals surface area contributed by atoms with Crippen LogP contribution in [0.5, 0.6) is 0 Å². The summed E-state index contributed by atoms with van der Waals surface area (Å²) in [5.74, 6) is 0. The fraction of sp³-hybridized carbons (Fsp3) is 0.400. The molecule has 16 heavy (non-hydrogen) atoms. The molecule has 0 aliphatic carbocycles. The average Bonchev–Trinajstić information content (AvgIpc) is 2.16. The monoisotopic (exact) mass is 268 g/mol. The molecule has 2 nitrogen and oxygen atoms in total. The number of rotatable bonds is 3. The molecule has 0 aliphatic heterocycles. The van der Waals surface area contributed by atoms with Crippen LogP contribution < -0.4 is 0 Å². The summed E-state index contributed by atoms with van der Waals surface area (Å²) in [6.07, 6.45) is -2.67. The van der Waals surface area contributed by atoms with Crippen molar-refractivity contribution in [2.75, 3.05) is 0 Å². The zero-order valence-corrected chi connectivity index (χ0v) is 10.3. The first kappa shape index (κ1) is 13.4. The van der Waals surface area contributed by atoms with E-state index in [1.54, 1.807) is 0 Å². The molecular formula is C10H11ClF2O2S. The van der Waals surface area contributed by atoms with Crippen molar-refractivity contribution in [1.82, 2.24) is 0 Å². The van der Waals surface area contributed by atoms with Gasteiger partial charge in [0.25, 0.3) is 9.05 Å². The third-order valence-electron chi connectivity index (χ3n) is 2.39. The van der Waals surface area contributed by atoms with Crippen molar-refractivity contribution in [2.24, 2.45) is 0 Å². The van der Waals surface area contributed by atoms with Crippen LogP contribution in [0.25, 0.3) is 0 Å². The van der Waals surface area contributed by atoms with Crippen LogP contribution in [0.4, 0.5) is 8.78 Å². The fourth-order valence-electron chi connectivity index (χ4n) is 1.33. The Hall–Kier alpha value is -0.680. The van der Waals surface area contributed by atoms with Crippen LogP contribution >= 0.6 is 10.7 Å². The molecule has 6 heteroatoms. The second kappa shape index (κ2) is 4.30. The zero-order chi connectivity index (χ0) is 12.6. The van der Waals surface area contributed by atoms with Crippen molar-refractivity contribution < 1.29 is 17.2 Å². The van der Waals surface area contributed by atoms with Gasteiger partial charge in [-0.2, -0.15) is 0 Å². The SMILES string of the molecule is CC(C)(c1ccccc1S(=O)(=O)Cl)C(F)F. The Labute approximate surface area is 97.7 Å². The van der Waals surface area contributed by atoms with Crippen LogP contribution in [0.15, 0.2) is 29.2 Å². The summed E-state index contributed by atoms with van der Waals surface area (Å²) in [6.45, 7) is 2.55. The molecule has 0 bridgehead atoms. The molecular weight excluding hydrogens is 258 g/mol. The van der Waals surface area contributed by atoms with Crippen molar-refractivity contribution in [3.8, 4) is 0 Å². The number of benzene rings is 1. The van der Waals surface area contributed by atoms with E-state index in [9.17, 15) is 17.2 Å². The molecule has 0 radical (unpaired) electrons. The van der Waals surface area contributed by atoms with E-state index in [1.165, 1.54) is 38.1 Å². The molecule has 1 aromatic carbocycles. The van der Waals surface area contributed by atoms with Crippen LogP contribution in [-0.4, -0.2) is 14.8 Å². The Kier molecular flexibility index (Phi) is 3.59. The summed E-state index contributed by atoms with van der Waals surface area (Å²) in [7, 11) is 1.19. The molecule has 0 spiro atoms. The van der Waals surface area contributed by atoms with Gasteiger partial charge in [-0.3, -0.25) is 0 Å². The van der Waals surface area contributed by atoms with Gasteiger partial charge in [0.1, 0.15) is 0 Å². The van der Waals surface area contributed by atoms with E-state index in [0.29, 0.717) is 0 Å². The summed E-state index contributed by atoms with van der Waals surface area (Å²) in [6, 6.07) is 5.52. The smallest absolute Gasteiger partial charge is 0.210 e. The van der Waals surface area contributed by atoms with E-state index in [0.717, 1.165) is 0 Å². The predicted molar refractivity (Wildman–Crippen MR) is 58.5 cm³/mol. The summed E-state index contributed by atoms with van der Waals surface area (Å²) in [5, 5.41) is 0. The molecule has 90 valence electrons. The number of hydrogen-bond acceptors (Lipinski definition) is 2. The Morgan fingerprint density at radius 3 is 2.19 bits per heavy atom. The van der Waals surface area contributed by atoms with Gasteiger partial charge in [-0.1, -0.05) is 32.0 Å². The minimum Gasteiger partial charge on any atom is -0.210 e. The van der Waals surface area contributed by atoms with E-state index >= 15 is 0 Å². The molecule has 0 unspecified atom stereocenters. The summed E-state index contributed by atoms with van der Waals surface area (Å²) >= 11 is 0. The first-order valence-electron chi connectivity index (χ1n) is 4.49. The van der Waals surface area contributed by atoms with Gasteiger partial charge in [0.15, 0.2) is 0 Å². The summed E-state index contributed by atoms with van der Waals surface area (Å²) in [4.78, 5) is -0.262. The Morgan fingerprint density at radius 1 is 1.25 bits per heavy atom. The van der Waals surface area contributed by atoms with Gasteiger partial charge in [-0.05, 0) is 11.6 Å². The van der Waals surface area contributed by atoms with Crippen LogP contribution in [0.2, 0.25) is 0 Å². The highest BCUT2D eigenvalue weighted by Crippen LogP contribution is 2.35. The lowest BCUT2D eigenvalue weighted by atomic mass is 9.85. The van der Waals surface area contributed by atoms with E-state index in [1.807, 2.05) is 0 Å². The molecule has 0 aliphatic rings. The first-order valence-corrected chi connectivity index (χ1v) is 6.80. The van der Waals surface area contributed by atoms with Crippen LogP contribution in [0.1, 0.15) is 19.4 Å². The fourth-order valence-corrected chi connectivity index (χ4v) is 2.57. The lowest BCUT2D eigenvalue weighted by molar-refractivity contribution is 0.0680. The second-order valence-corrected chi connectivity index (χ2v) is 6.49. The minimum absolute atomic E-state index is 0.0278. The third kappa shape index (κ3) is 2.52. The third-order valence-corrected chi connectivity index (χ3v) is 3.77. The topological polar surface area (TPSA) is 34.1 Å². The Bertz CT molecular complexity index is 483. The van der Waals surface area contributed by atoms with E-state index in [4.69, 9.17) is 10.7 Å². The quantitative estimate of drug-likeness (QED) is 0.789. The molecule has 0 fully saturated rings. The standard InChI is InChI=1S/C10H11ClF2O2S/c1-10(2,9(12)13)7-5-3-4-6-8(7)16(11,14)15/h3-6,9H,1-2H3. The predicted octanol–water partition coefficient (Wildman–Crippen LogP) is 3.16. The second-order valence-electron chi connectivity index (χ2n) is 3.96. The molecule has 0 saturated carbocycles. The normalized spacial score (nSPS) is 13.1. The molecule has 0 aromatic heterocycles.